The molecule has 0 aliphatic rings. The Morgan fingerprint density at radius 3 is 2.95 bits per heavy atom. The zero-order valence-corrected chi connectivity index (χ0v) is 11.2. The third-order valence-corrected chi connectivity index (χ3v) is 2.50. The normalized spacial score (nSPS) is 11.2. The summed E-state index contributed by atoms with van der Waals surface area (Å²) in [5.74, 6) is 0.421. The Balaban J connectivity index is 2.11. The minimum absolute atomic E-state index is 0.0803. The number of hydrogen-bond acceptors (Lipinski definition) is 6. The molecule has 1 amide bonds. The van der Waals surface area contributed by atoms with Gasteiger partial charge in [0.1, 0.15) is 18.1 Å². The van der Waals surface area contributed by atoms with E-state index in [1.165, 1.54) is 6.07 Å². The highest BCUT2D eigenvalue weighted by atomic mass is 16.5. The van der Waals surface area contributed by atoms with E-state index < -0.39 is 5.91 Å². The highest BCUT2D eigenvalue weighted by molar-refractivity contribution is 6.03. The van der Waals surface area contributed by atoms with Crippen LogP contribution in [-0.4, -0.2) is 28.7 Å². The van der Waals surface area contributed by atoms with Gasteiger partial charge in [-0.25, -0.2) is 0 Å². The lowest BCUT2D eigenvalue weighted by Gasteiger charge is -2.11. The van der Waals surface area contributed by atoms with Gasteiger partial charge in [0.2, 0.25) is 0 Å². The number of anilines is 1. The van der Waals surface area contributed by atoms with Gasteiger partial charge in [0.25, 0.3) is 5.91 Å². The minimum Gasteiger partial charge on any atom is -0.483 e. The average molecular weight is 290 g/mol. The van der Waals surface area contributed by atoms with Crippen LogP contribution in [0.4, 0.5) is 5.69 Å². The van der Waals surface area contributed by atoms with Gasteiger partial charge in [0.05, 0.1) is 5.69 Å². The van der Waals surface area contributed by atoms with Crippen molar-refractivity contribution in [2.75, 3.05) is 11.9 Å². The van der Waals surface area contributed by atoms with Gasteiger partial charge in [-0.2, -0.15) is 0 Å². The van der Waals surface area contributed by atoms with Crippen LogP contribution in [0.5, 0.6) is 5.75 Å². The maximum absolute atomic E-state index is 12.0. The molecule has 1 aromatic heterocycles. The third kappa shape index (κ3) is 3.72. The SMILES string of the molecule is Cc1cc(C(=O)Nc2ccccc2OCC(N)=NO)no1. The lowest BCUT2D eigenvalue weighted by atomic mass is 10.2. The highest BCUT2D eigenvalue weighted by Crippen LogP contribution is 2.24. The molecule has 8 nitrogen and oxygen atoms in total. The van der Waals surface area contributed by atoms with Crippen molar-refractivity contribution >= 4 is 17.4 Å². The number of aromatic nitrogens is 1. The maximum atomic E-state index is 12.0. The van der Waals surface area contributed by atoms with Gasteiger partial charge in [-0.05, 0) is 19.1 Å². The summed E-state index contributed by atoms with van der Waals surface area (Å²) in [5.41, 5.74) is 5.94. The zero-order chi connectivity index (χ0) is 15.2. The molecule has 0 aliphatic heterocycles. The van der Waals surface area contributed by atoms with E-state index in [1.807, 2.05) is 0 Å². The van der Waals surface area contributed by atoms with E-state index in [4.69, 9.17) is 20.2 Å². The van der Waals surface area contributed by atoms with Crippen LogP contribution in [-0.2, 0) is 0 Å². The Bertz CT molecular complexity index is 666. The molecule has 21 heavy (non-hydrogen) atoms. The average Bonchev–Trinajstić information content (AvgIpc) is 2.92. The zero-order valence-electron chi connectivity index (χ0n) is 11.2. The molecule has 0 unspecified atom stereocenters. The molecule has 1 heterocycles. The first-order valence-corrected chi connectivity index (χ1v) is 6.03. The molecule has 0 saturated carbocycles. The molecule has 0 radical (unpaired) electrons. The first-order valence-electron chi connectivity index (χ1n) is 6.03. The van der Waals surface area contributed by atoms with Crippen LogP contribution < -0.4 is 15.8 Å². The van der Waals surface area contributed by atoms with Crippen molar-refractivity contribution in [2.45, 2.75) is 6.92 Å². The number of ether oxygens (including phenoxy) is 1. The van der Waals surface area contributed by atoms with E-state index in [-0.39, 0.29) is 18.1 Å². The number of carbonyl (C=O) groups is 1. The topological polar surface area (TPSA) is 123 Å². The molecule has 8 heteroatoms. The lowest BCUT2D eigenvalue weighted by molar-refractivity contribution is 0.101. The molecule has 2 rings (SSSR count). The van der Waals surface area contributed by atoms with E-state index in [1.54, 1.807) is 31.2 Å². The Morgan fingerprint density at radius 1 is 1.52 bits per heavy atom. The molecule has 0 aliphatic carbocycles. The van der Waals surface area contributed by atoms with Crippen molar-refractivity contribution in [1.29, 1.82) is 0 Å². The molecule has 110 valence electrons. The smallest absolute Gasteiger partial charge is 0.277 e. The van der Waals surface area contributed by atoms with Crippen LogP contribution in [0.3, 0.4) is 0 Å². The fourth-order valence-corrected chi connectivity index (χ4v) is 1.54. The summed E-state index contributed by atoms with van der Waals surface area (Å²) >= 11 is 0. The van der Waals surface area contributed by atoms with E-state index >= 15 is 0 Å². The van der Waals surface area contributed by atoms with Crippen LogP contribution in [0.15, 0.2) is 40.0 Å². The van der Waals surface area contributed by atoms with Gasteiger partial charge in [-0.1, -0.05) is 22.4 Å². The third-order valence-electron chi connectivity index (χ3n) is 2.50. The van der Waals surface area contributed by atoms with Gasteiger partial charge in [-0.3, -0.25) is 4.79 Å². The standard InChI is InChI=1S/C13H14N4O4/c1-8-6-10(17-21-8)13(18)15-9-4-2-3-5-11(9)20-7-12(14)16-19/h2-6,19H,7H2,1H3,(H2,14,16)(H,15,18). The van der Waals surface area contributed by atoms with Gasteiger partial charge in [0.15, 0.2) is 11.5 Å². The Labute approximate surface area is 120 Å². The maximum Gasteiger partial charge on any atom is 0.277 e. The predicted molar refractivity (Wildman–Crippen MR) is 74.5 cm³/mol. The van der Waals surface area contributed by atoms with E-state index in [0.29, 0.717) is 17.2 Å². The summed E-state index contributed by atoms with van der Waals surface area (Å²) in [4.78, 5) is 12.0. The number of para-hydroxylation sites is 2. The molecule has 0 spiro atoms. The lowest BCUT2D eigenvalue weighted by Crippen LogP contribution is -2.21. The van der Waals surface area contributed by atoms with Gasteiger partial charge in [-0.15, -0.1) is 0 Å². The molecule has 0 saturated heterocycles. The quantitative estimate of drug-likeness (QED) is 0.330. The number of amidine groups is 1. The second-order valence-corrected chi connectivity index (χ2v) is 4.15. The van der Waals surface area contributed by atoms with Crippen molar-refractivity contribution in [3.05, 3.63) is 41.8 Å². The van der Waals surface area contributed by atoms with Crippen molar-refractivity contribution in [3.8, 4) is 5.75 Å². The fourth-order valence-electron chi connectivity index (χ4n) is 1.54. The van der Waals surface area contributed by atoms with Gasteiger partial charge >= 0.3 is 0 Å². The molecular weight excluding hydrogens is 276 g/mol. The molecular formula is C13H14N4O4. The summed E-state index contributed by atoms with van der Waals surface area (Å²) in [6.45, 7) is 1.59. The number of oxime groups is 1. The summed E-state index contributed by atoms with van der Waals surface area (Å²) in [5, 5.41) is 17.6. The van der Waals surface area contributed by atoms with Crippen LogP contribution in [0.2, 0.25) is 0 Å². The van der Waals surface area contributed by atoms with Crippen LogP contribution in [0.1, 0.15) is 16.2 Å². The van der Waals surface area contributed by atoms with Crippen molar-refractivity contribution in [3.63, 3.8) is 0 Å². The minimum atomic E-state index is -0.424. The number of hydrogen-bond donors (Lipinski definition) is 3. The molecule has 0 bridgehead atoms. The monoisotopic (exact) mass is 290 g/mol. The molecule has 0 fully saturated rings. The first kappa shape index (κ1) is 14.4. The largest absolute Gasteiger partial charge is 0.483 e. The molecule has 2 aromatic rings. The summed E-state index contributed by atoms with van der Waals surface area (Å²) in [6.07, 6.45) is 0. The number of nitrogens with one attached hydrogen (secondary N) is 1. The second kappa shape index (κ2) is 6.42. The molecule has 1 aromatic carbocycles. The summed E-state index contributed by atoms with van der Waals surface area (Å²) in [7, 11) is 0. The number of aryl methyl sites for hydroxylation is 1. The number of rotatable bonds is 5. The molecule has 4 N–H and O–H groups in total. The van der Waals surface area contributed by atoms with Crippen molar-refractivity contribution in [2.24, 2.45) is 10.9 Å². The second-order valence-electron chi connectivity index (χ2n) is 4.15. The number of benzene rings is 1. The van der Waals surface area contributed by atoms with Crippen molar-refractivity contribution in [1.82, 2.24) is 5.16 Å². The predicted octanol–water partition coefficient (Wildman–Crippen LogP) is 1.36. The van der Waals surface area contributed by atoms with Crippen LogP contribution in [0, 0.1) is 6.92 Å². The van der Waals surface area contributed by atoms with E-state index in [2.05, 4.69) is 15.6 Å². The van der Waals surface area contributed by atoms with E-state index in [9.17, 15) is 4.79 Å². The van der Waals surface area contributed by atoms with Gasteiger partial charge in [0, 0.05) is 6.07 Å². The molecule has 0 atom stereocenters. The number of amides is 1. The number of nitrogens with two attached hydrogens (primary N) is 1. The van der Waals surface area contributed by atoms with E-state index in [0.717, 1.165) is 0 Å². The van der Waals surface area contributed by atoms with Gasteiger partial charge < -0.3 is 25.5 Å². The van der Waals surface area contributed by atoms with Crippen LogP contribution in [0.25, 0.3) is 0 Å². The first-order chi connectivity index (χ1) is 10.1. The van der Waals surface area contributed by atoms with Crippen LogP contribution >= 0.6 is 0 Å². The summed E-state index contributed by atoms with van der Waals surface area (Å²) < 4.78 is 10.2. The highest BCUT2D eigenvalue weighted by Gasteiger charge is 2.13. The summed E-state index contributed by atoms with van der Waals surface area (Å²) in [6, 6.07) is 8.30. The Morgan fingerprint density at radius 2 is 2.29 bits per heavy atom. The number of nitrogens with zero attached hydrogens (tertiary/aromatic N) is 2. The van der Waals surface area contributed by atoms with Crippen molar-refractivity contribution < 1.29 is 19.3 Å². The Hall–Kier alpha value is -3.03. The fraction of sp³-hybridized carbons (Fsp3) is 0.154. The Kier molecular flexibility index (Phi) is 4.39. The number of carbonyl (C=O) groups excluding carboxylic acids is 1.